The Bertz CT molecular complexity index is 412. The molecule has 0 saturated carbocycles. The van der Waals surface area contributed by atoms with Crippen LogP contribution < -0.4 is 10.2 Å². The number of carbonyl (C=O) groups excluding carboxylic acids is 1. The van der Waals surface area contributed by atoms with E-state index in [9.17, 15) is 4.79 Å². The van der Waals surface area contributed by atoms with Crippen molar-refractivity contribution in [1.29, 1.82) is 0 Å². The molecule has 1 aliphatic heterocycles. The lowest BCUT2D eigenvalue weighted by Gasteiger charge is -2.22. The summed E-state index contributed by atoms with van der Waals surface area (Å²) in [7, 11) is 0. The Morgan fingerprint density at radius 3 is 2.94 bits per heavy atom. The third kappa shape index (κ3) is 2.54. The molecule has 1 saturated heterocycles. The van der Waals surface area contributed by atoms with Crippen LogP contribution in [0.25, 0.3) is 0 Å². The number of nitrogens with zero attached hydrogens (tertiary/aromatic N) is 3. The van der Waals surface area contributed by atoms with Crippen LogP contribution in [-0.4, -0.2) is 35.7 Å². The fraction of sp³-hybridized carbons (Fsp3) is 0.444. The van der Waals surface area contributed by atoms with Crippen molar-refractivity contribution >= 4 is 34.8 Å². The van der Waals surface area contributed by atoms with Crippen molar-refractivity contribution in [2.24, 2.45) is 0 Å². The fourth-order valence-electron chi connectivity index (χ4n) is 1.57. The van der Waals surface area contributed by atoms with Crippen molar-refractivity contribution in [2.45, 2.75) is 6.42 Å². The van der Waals surface area contributed by atoms with Gasteiger partial charge in [0, 0.05) is 32.1 Å². The third-order valence-electron chi connectivity index (χ3n) is 2.35. The zero-order valence-electron chi connectivity index (χ0n) is 8.41. The van der Waals surface area contributed by atoms with Crippen LogP contribution in [0.15, 0.2) is 6.07 Å². The number of hydrogen-bond donors (Lipinski definition) is 1. The molecule has 0 aromatic carbocycles. The van der Waals surface area contributed by atoms with Crippen molar-refractivity contribution in [1.82, 2.24) is 15.5 Å². The average Bonchev–Trinajstić information content (AvgIpc) is 2.47. The van der Waals surface area contributed by atoms with Crippen LogP contribution >= 0.6 is 23.2 Å². The van der Waals surface area contributed by atoms with Crippen molar-refractivity contribution in [3.05, 3.63) is 16.4 Å². The minimum atomic E-state index is 0.0479. The first kappa shape index (κ1) is 11.4. The van der Waals surface area contributed by atoms with Gasteiger partial charge in [0.1, 0.15) is 0 Å². The Morgan fingerprint density at radius 1 is 1.31 bits per heavy atom. The quantitative estimate of drug-likeness (QED) is 0.822. The molecule has 1 fully saturated rings. The van der Waals surface area contributed by atoms with Crippen molar-refractivity contribution in [3.8, 4) is 0 Å². The van der Waals surface area contributed by atoms with Crippen LogP contribution in [0.4, 0.5) is 5.69 Å². The summed E-state index contributed by atoms with van der Waals surface area (Å²) in [5.74, 6) is 0.0479. The SMILES string of the molecule is O=C1CCN(c2cc(Cl)nnc2Cl)CCN1. The second-order valence-electron chi connectivity index (χ2n) is 3.43. The average molecular weight is 261 g/mol. The van der Waals surface area contributed by atoms with E-state index in [0.717, 1.165) is 5.69 Å². The number of carbonyl (C=O) groups is 1. The molecule has 0 bridgehead atoms. The Morgan fingerprint density at radius 2 is 2.12 bits per heavy atom. The highest BCUT2D eigenvalue weighted by Gasteiger charge is 2.17. The molecule has 1 aromatic heterocycles. The van der Waals surface area contributed by atoms with E-state index in [-0.39, 0.29) is 5.91 Å². The minimum Gasteiger partial charge on any atom is -0.367 e. The van der Waals surface area contributed by atoms with Crippen LogP contribution in [0, 0.1) is 0 Å². The van der Waals surface area contributed by atoms with Gasteiger partial charge in [0.25, 0.3) is 0 Å². The van der Waals surface area contributed by atoms with Crippen LogP contribution in [0.1, 0.15) is 6.42 Å². The van der Waals surface area contributed by atoms with Crippen molar-refractivity contribution in [3.63, 3.8) is 0 Å². The lowest BCUT2D eigenvalue weighted by Crippen LogP contribution is -2.28. The zero-order chi connectivity index (χ0) is 11.5. The van der Waals surface area contributed by atoms with Gasteiger partial charge in [0.2, 0.25) is 5.91 Å². The fourth-order valence-corrected chi connectivity index (χ4v) is 1.93. The maximum absolute atomic E-state index is 11.2. The Labute approximate surface area is 103 Å². The predicted molar refractivity (Wildman–Crippen MR) is 61.9 cm³/mol. The lowest BCUT2D eigenvalue weighted by molar-refractivity contribution is -0.120. The summed E-state index contributed by atoms with van der Waals surface area (Å²) >= 11 is 11.7. The summed E-state index contributed by atoms with van der Waals surface area (Å²) in [5.41, 5.74) is 0.721. The second kappa shape index (κ2) is 4.84. The van der Waals surface area contributed by atoms with Crippen LogP contribution in [0.5, 0.6) is 0 Å². The number of rotatable bonds is 1. The van der Waals surface area contributed by atoms with Gasteiger partial charge in [-0.2, -0.15) is 0 Å². The van der Waals surface area contributed by atoms with E-state index in [2.05, 4.69) is 15.5 Å². The molecule has 0 radical (unpaired) electrons. The summed E-state index contributed by atoms with van der Waals surface area (Å²) in [6.45, 7) is 1.89. The molecule has 2 heterocycles. The second-order valence-corrected chi connectivity index (χ2v) is 4.18. The van der Waals surface area contributed by atoms with Gasteiger partial charge in [-0.05, 0) is 0 Å². The van der Waals surface area contributed by atoms with Gasteiger partial charge in [-0.1, -0.05) is 23.2 Å². The predicted octanol–water partition coefficient (Wildman–Crippen LogP) is 1.11. The molecule has 7 heteroatoms. The third-order valence-corrected chi connectivity index (χ3v) is 2.81. The molecule has 1 aromatic rings. The molecule has 5 nitrogen and oxygen atoms in total. The maximum Gasteiger partial charge on any atom is 0.221 e. The van der Waals surface area contributed by atoms with E-state index >= 15 is 0 Å². The number of anilines is 1. The molecule has 0 atom stereocenters. The molecule has 1 amide bonds. The zero-order valence-corrected chi connectivity index (χ0v) is 9.92. The highest BCUT2D eigenvalue weighted by molar-refractivity contribution is 6.33. The number of aromatic nitrogens is 2. The van der Waals surface area contributed by atoms with Gasteiger partial charge in [-0.25, -0.2) is 0 Å². The molecule has 0 unspecified atom stereocenters. The van der Waals surface area contributed by atoms with Gasteiger partial charge in [0.15, 0.2) is 10.3 Å². The number of amides is 1. The van der Waals surface area contributed by atoms with Gasteiger partial charge in [-0.3, -0.25) is 4.79 Å². The van der Waals surface area contributed by atoms with Gasteiger partial charge < -0.3 is 10.2 Å². The van der Waals surface area contributed by atoms with Crippen LogP contribution in [0.3, 0.4) is 0 Å². The molecule has 16 heavy (non-hydrogen) atoms. The molecular weight excluding hydrogens is 251 g/mol. The van der Waals surface area contributed by atoms with Gasteiger partial charge >= 0.3 is 0 Å². The normalized spacial score (nSPS) is 16.9. The molecule has 0 aliphatic carbocycles. The van der Waals surface area contributed by atoms with Crippen molar-refractivity contribution < 1.29 is 4.79 Å². The summed E-state index contributed by atoms with van der Waals surface area (Å²) in [6, 6.07) is 1.66. The first-order valence-electron chi connectivity index (χ1n) is 4.87. The minimum absolute atomic E-state index is 0.0479. The van der Waals surface area contributed by atoms with Gasteiger partial charge in [-0.15, -0.1) is 10.2 Å². The summed E-state index contributed by atoms with van der Waals surface area (Å²) < 4.78 is 0. The standard InChI is InChI=1S/C9H10Cl2N4O/c10-7-5-6(9(11)14-13-7)15-3-1-8(16)12-2-4-15/h5H,1-4H2,(H,12,16). The molecule has 1 aliphatic rings. The smallest absolute Gasteiger partial charge is 0.221 e. The Kier molecular flexibility index (Phi) is 3.46. The highest BCUT2D eigenvalue weighted by atomic mass is 35.5. The van der Waals surface area contributed by atoms with Gasteiger partial charge in [0.05, 0.1) is 5.69 Å². The lowest BCUT2D eigenvalue weighted by atomic mass is 10.3. The number of halogens is 2. The van der Waals surface area contributed by atoms with Crippen LogP contribution in [-0.2, 0) is 4.79 Å². The molecular formula is C9H10Cl2N4O. The van der Waals surface area contributed by atoms with E-state index in [0.29, 0.717) is 36.4 Å². The topological polar surface area (TPSA) is 58.1 Å². The highest BCUT2D eigenvalue weighted by Crippen LogP contribution is 2.25. The molecule has 2 rings (SSSR count). The number of hydrogen-bond acceptors (Lipinski definition) is 4. The van der Waals surface area contributed by atoms with E-state index in [1.165, 1.54) is 0 Å². The Hall–Kier alpha value is -1.07. The first-order chi connectivity index (χ1) is 7.66. The molecule has 0 spiro atoms. The van der Waals surface area contributed by atoms with E-state index in [1.54, 1.807) is 6.07 Å². The van der Waals surface area contributed by atoms with E-state index in [4.69, 9.17) is 23.2 Å². The Balaban J connectivity index is 2.22. The van der Waals surface area contributed by atoms with Crippen LogP contribution in [0.2, 0.25) is 10.3 Å². The summed E-state index contributed by atoms with van der Waals surface area (Å²) in [6.07, 6.45) is 0.441. The summed E-state index contributed by atoms with van der Waals surface area (Å²) in [4.78, 5) is 13.2. The number of nitrogens with one attached hydrogen (secondary N) is 1. The van der Waals surface area contributed by atoms with Crippen molar-refractivity contribution in [2.75, 3.05) is 24.5 Å². The van der Waals surface area contributed by atoms with E-state index in [1.807, 2.05) is 4.90 Å². The van der Waals surface area contributed by atoms with E-state index < -0.39 is 0 Å². The molecule has 86 valence electrons. The summed E-state index contributed by atoms with van der Waals surface area (Å²) in [5, 5.41) is 10.8. The molecule has 1 N–H and O–H groups in total. The monoisotopic (exact) mass is 260 g/mol. The maximum atomic E-state index is 11.2. The largest absolute Gasteiger partial charge is 0.367 e. The first-order valence-corrected chi connectivity index (χ1v) is 5.63.